The van der Waals surface area contributed by atoms with Crippen molar-refractivity contribution in [1.82, 2.24) is 10.2 Å². The molecule has 1 aromatic rings. The van der Waals surface area contributed by atoms with Crippen LogP contribution in [0.2, 0.25) is 0 Å². The van der Waals surface area contributed by atoms with Gasteiger partial charge in [-0.15, -0.1) is 0 Å². The summed E-state index contributed by atoms with van der Waals surface area (Å²) in [6.07, 6.45) is -0.0338. The van der Waals surface area contributed by atoms with Crippen molar-refractivity contribution < 1.29 is 14.4 Å². The average molecular weight is 382 g/mol. The fourth-order valence-corrected chi connectivity index (χ4v) is 3.03. The van der Waals surface area contributed by atoms with Crippen LogP contribution < -0.4 is 5.32 Å². The molecule has 1 N–H and O–H groups in total. The van der Waals surface area contributed by atoms with Crippen LogP contribution in [-0.2, 0) is 14.4 Å². The van der Waals surface area contributed by atoms with Crippen LogP contribution in [0.1, 0.15) is 12.0 Å². The molecule has 1 saturated heterocycles. The predicted molar refractivity (Wildman–Crippen MR) is 90.4 cm³/mol. The molecule has 0 spiro atoms. The van der Waals surface area contributed by atoms with Gasteiger partial charge in [-0.25, -0.2) is 0 Å². The third kappa shape index (κ3) is 4.53. The van der Waals surface area contributed by atoms with E-state index in [1.54, 1.807) is 0 Å². The van der Waals surface area contributed by atoms with Gasteiger partial charge in [0.2, 0.25) is 6.10 Å². The van der Waals surface area contributed by atoms with Crippen LogP contribution in [0.15, 0.2) is 33.9 Å². The van der Waals surface area contributed by atoms with Crippen molar-refractivity contribution >= 4 is 27.5 Å². The molecule has 23 heavy (non-hydrogen) atoms. The first-order valence-corrected chi connectivity index (χ1v) is 8.58. The number of benzene rings is 1. The molecule has 0 unspecified atom stereocenters. The van der Waals surface area contributed by atoms with Crippen molar-refractivity contribution in [3.8, 4) is 0 Å². The van der Waals surface area contributed by atoms with Gasteiger partial charge in [0.05, 0.1) is 18.9 Å². The molecule has 1 atom stereocenters. The molecule has 7 heteroatoms. The highest BCUT2D eigenvalue weighted by Gasteiger charge is 2.28. The summed E-state index contributed by atoms with van der Waals surface area (Å²) in [5.41, 5.74) is 1.78. The number of oxime groups is 1. The number of rotatable bonds is 5. The molecule has 1 amide bonds. The van der Waals surface area contributed by atoms with E-state index >= 15 is 0 Å². The lowest BCUT2D eigenvalue weighted by Gasteiger charge is -2.26. The molecule has 2 heterocycles. The summed E-state index contributed by atoms with van der Waals surface area (Å²) in [7, 11) is 0. The molecule has 0 aliphatic carbocycles. The smallest absolute Gasteiger partial charge is 0.264 e. The summed E-state index contributed by atoms with van der Waals surface area (Å²) in [6.45, 7) is 4.83. The Morgan fingerprint density at radius 2 is 2.22 bits per heavy atom. The van der Waals surface area contributed by atoms with Crippen LogP contribution in [0.4, 0.5) is 0 Å². The highest BCUT2D eigenvalue weighted by Crippen LogP contribution is 2.19. The number of halogens is 1. The van der Waals surface area contributed by atoms with Crippen LogP contribution in [-0.4, -0.2) is 62.0 Å². The summed E-state index contributed by atoms with van der Waals surface area (Å²) in [5.74, 6) is -0.105. The molecule has 0 bridgehead atoms. The minimum Gasteiger partial charge on any atom is -0.382 e. The second-order valence-electron chi connectivity index (χ2n) is 5.59. The van der Waals surface area contributed by atoms with E-state index in [1.807, 2.05) is 24.3 Å². The number of carbonyl (C=O) groups excluding carboxylic acids is 1. The lowest BCUT2D eigenvalue weighted by Crippen LogP contribution is -2.43. The Kier molecular flexibility index (Phi) is 5.64. The van der Waals surface area contributed by atoms with Gasteiger partial charge in [-0.1, -0.05) is 33.2 Å². The fraction of sp³-hybridized carbons (Fsp3) is 0.500. The Hall–Kier alpha value is -1.44. The minimum absolute atomic E-state index is 0.105. The van der Waals surface area contributed by atoms with Gasteiger partial charge >= 0.3 is 0 Å². The minimum atomic E-state index is -0.534. The van der Waals surface area contributed by atoms with Gasteiger partial charge in [0.15, 0.2) is 0 Å². The average Bonchev–Trinajstić information content (AvgIpc) is 3.06. The fourth-order valence-electron chi connectivity index (χ4n) is 2.63. The lowest BCUT2D eigenvalue weighted by atomic mass is 10.0. The maximum atomic E-state index is 12.2. The van der Waals surface area contributed by atoms with E-state index in [-0.39, 0.29) is 5.91 Å². The van der Waals surface area contributed by atoms with Crippen LogP contribution in [0, 0.1) is 0 Å². The first-order chi connectivity index (χ1) is 11.2. The number of nitrogens with one attached hydrogen (secondary N) is 1. The predicted octanol–water partition coefficient (Wildman–Crippen LogP) is 1.39. The van der Waals surface area contributed by atoms with E-state index in [4.69, 9.17) is 9.57 Å². The molecular formula is C16H20BrN3O3. The van der Waals surface area contributed by atoms with E-state index in [0.717, 1.165) is 48.6 Å². The van der Waals surface area contributed by atoms with Crippen molar-refractivity contribution in [1.29, 1.82) is 0 Å². The maximum Gasteiger partial charge on any atom is 0.264 e. The number of amides is 1. The quantitative estimate of drug-likeness (QED) is 0.836. The number of hydrogen-bond acceptors (Lipinski definition) is 5. The first-order valence-electron chi connectivity index (χ1n) is 7.79. The SMILES string of the molecule is O=C(NCCN1CCOCC1)[C@@H]1CC(c2cccc(Br)c2)=NO1. The molecule has 0 radical (unpaired) electrons. The Labute approximate surface area is 143 Å². The Morgan fingerprint density at radius 1 is 1.39 bits per heavy atom. The number of ether oxygens (including phenoxy) is 1. The van der Waals surface area contributed by atoms with Gasteiger partial charge in [0.1, 0.15) is 0 Å². The second kappa shape index (κ2) is 7.90. The van der Waals surface area contributed by atoms with Crippen LogP contribution in [0.25, 0.3) is 0 Å². The van der Waals surface area contributed by atoms with Crippen LogP contribution >= 0.6 is 15.9 Å². The number of hydrogen-bond donors (Lipinski definition) is 1. The van der Waals surface area contributed by atoms with Gasteiger partial charge in [0, 0.05) is 42.6 Å². The number of nitrogens with zero attached hydrogens (tertiary/aromatic N) is 2. The second-order valence-corrected chi connectivity index (χ2v) is 6.51. The molecule has 3 rings (SSSR count). The molecule has 2 aliphatic heterocycles. The van der Waals surface area contributed by atoms with Crippen LogP contribution in [0.5, 0.6) is 0 Å². The van der Waals surface area contributed by atoms with Crippen LogP contribution in [0.3, 0.4) is 0 Å². The molecule has 1 aromatic carbocycles. The molecule has 124 valence electrons. The highest BCUT2D eigenvalue weighted by molar-refractivity contribution is 9.10. The molecule has 6 nitrogen and oxygen atoms in total. The Morgan fingerprint density at radius 3 is 3.00 bits per heavy atom. The maximum absolute atomic E-state index is 12.2. The molecule has 0 saturated carbocycles. The summed E-state index contributed by atoms with van der Waals surface area (Å²) in [4.78, 5) is 19.7. The van der Waals surface area contributed by atoms with E-state index in [9.17, 15) is 4.79 Å². The molecule has 1 fully saturated rings. The molecule has 2 aliphatic rings. The van der Waals surface area contributed by atoms with Gasteiger partial charge in [-0.05, 0) is 12.1 Å². The largest absolute Gasteiger partial charge is 0.382 e. The zero-order chi connectivity index (χ0) is 16.1. The standard InChI is InChI=1S/C16H20BrN3O3/c17-13-3-1-2-12(10-13)14-11-15(23-19-14)16(21)18-4-5-20-6-8-22-9-7-20/h1-3,10,15H,4-9,11H2,(H,18,21)/t15-/m0/s1. The zero-order valence-corrected chi connectivity index (χ0v) is 14.4. The summed E-state index contributed by atoms with van der Waals surface area (Å²) >= 11 is 3.44. The van der Waals surface area contributed by atoms with Crippen molar-refractivity contribution in [3.63, 3.8) is 0 Å². The van der Waals surface area contributed by atoms with Crippen molar-refractivity contribution in [2.24, 2.45) is 5.16 Å². The van der Waals surface area contributed by atoms with Crippen molar-refractivity contribution in [2.45, 2.75) is 12.5 Å². The summed E-state index contributed by atoms with van der Waals surface area (Å²) < 4.78 is 6.29. The number of morpholine rings is 1. The highest BCUT2D eigenvalue weighted by atomic mass is 79.9. The lowest BCUT2D eigenvalue weighted by molar-refractivity contribution is -0.131. The van der Waals surface area contributed by atoms with Gasteiger partial charge in [-0.2, -0.15) is 0 Å². The first kappa shape index (κ1) is 16.4. The van der Waals surface area contributed by atoms with Gasteiger partial charge in [-0.3, -0.25) is 9.69 Å². The monoisotopic (exact) mass is 381 g/mol. The third-order valence-corrected chi connectivity index (χ3v) is 4.44. The zero-order valence-electron chi connectivity index (χ0n) is 12.8. The van der Waals surface area contributed by atoms with Crippen molar-refractivity contribution in [2.75, 3.05) is 39.4 Å². The van der Waals surface area contributed by atoms with E-state index in [2.05, 4.69) is 31.3 Å². The number of carbonyl (C=O) groups is 1. The van der Waals surface area contributed by atoms with E-state index in [0.29, 0.717) is 13.0 Å². The van der Waals surface area contributed by atoms with Gasteiger partial charge < -0.3 is 14.9 Å². The van der Waals surface area contributed by atoms with Gasteiger partial charge in [0.25, 0.3) is 5.91 Å². The van der Waals surface area contributed by atoms with E-state index < -0.39 is 6.10 Å². The third-order valence-electron chi connectivity index (χ3n) is 3.95. The van der Waals surface area contributed by atoms with E-state index in [1.165, 1.54) is 0 Å². The topological polar surface area (TPSA) is 63.2 Å². The molecule has 0 aromatic heterocycles. The Balaban J connectivity index is 1.43. The normalized spacial score (nSPS) is 21.6. The van der Waals surface area contributed by atoms with Crippen molar-refractivity contribution in [3.05, 3.63) is 34.3 Å². The summed E-state index contributed by atoms with van der Waals surface area (Å²) in [5, 5.41) is 6.98. The Bertz CT molecular complexity index is 588. The summed E-state index contributed by atoms with van der Waals surface area (Å²) in [6, 6.07) is 7.83. The molecular weight excluding hydrogens is 362 g/mol.